The van der Waals surface area contributed by atoms with Gasteiger partial charge in [0.05, 0.1) is 0 Å². The number of ether oxygens (including phenoxy) is 1. The smallest absolute Gasteiger partial charge is 0.0500 e. The Balaban J connectivity index is 2.24. The van der Waals surface area contributed by atoms with E-state index < -0.39 is 0 Å². The fourth-order valence-electron chi connectivity index (χ4n) is 2.50. The molecule has 3 nitrogen and oxygen atoms in total. The summed E-state index contributed by atoms with van der Waals surface area (Å²) in [5, 5.41) is 3.62. The second-order valence-electron chi connectivity index (χ2n) is 5.06. The molecular formula is C13H28N2O. The highest BCUT2D eigenvalue weighted by molar-refractivity contribution is 4.76. The molecule has 16 heavy (non-hydrogen) atoms. The minimum Gasteiger partial charge on any atom is -0.384 e. The number of hydrogen-bond acceptors (Lipinski definition) is 3. The van der Waals surface area contributed by atoms with E-state index in [0.717, 1.165) is 19.7 Å². The summed E-state index contributed by atoms with van der Waals surface area (Å²) in [6.45, 7) is 10.1. The van der Waals surface area contributed by atoms with Crippen molar-refractivity contribution in [3.8, 4) is 0 Å². The second kappa shape index (κ2) is 8.04. The quantitative estimate of drug-likeness (QED) is 0.718. The van der Waals surface area contributed by atoms with Crippen molar-refractivity contribution in [2.45, 2.75) is 39.2 Å². The summed E-state index contributed by atoms with van der Waals surface area (Å²) in [5.74, 6) is 0.633. The lowest BCUT2D eigenvalue weighted by Gasteiger charge is -2.31. The van der Waals surface area contributed by atoms with Crippen LogP contribution in [-0.2, 0) is 4.74 Å². The summed E-state index contributed by atoms with van der Waals surface area (Å²) in [6, 6.07) is 0.712. The van der Waals surface area contributed by atoms with Crippen molar-refractivity contribution in [1.29, 1.82) is 0 Å². The van der Waals surface area contributed by atoms with Crippen LogP contribution in [0.3, 0.4) is 0 Å². The Labute approximate surface area is 101 Å². The molecule has 1 saturated heterocycles. The highest BCUT2D eigenvalue weighted by atomic mass is 16.5. The molecule has 2 atom stereocenters. The van der Waals surface area contributed by atoms with Crippen molar-refractivity contribution < 1.29 is 4.74 Å². The maximum atomic E-state index is 5.20. The molecule has 1 aliphatic rings. The molecule has 1 heterocycles. The van der Waals surface area contributed by atoms with Crippen LogP contribution in [0.15, 0.2) is 0 Å². The molecule has 0 radical (unpaired) electrons. The van der Waals surface area contributed by atoms with Gasteiger partial charge in [0.15, 0.2) is 0 Å². The summed E-state index contributed by atoms with van der Waals surface area (Å²) in [5.41, 5.74) is 0. The van der Waals surface area contributed by atoms with Gasteiger partial charge >= 0.3 is 0 Å². The molecular weight excluding hydrogens is 200 g/mol. The minimum absolute atomic E-state index is 0.633. The first-order valence-corrected chi connectivity index (χ1v) is 6.71. The Bertz CT molecular complexity index is 169. The van der Waals surface area contributed by atoms with Crippen LogP contribution in [0.4, 0.5) is 0 Å². The Morgan fingerprint density at radius 3 is 2.81 bits per heavy atom. The molecule has 96 valence electrons. The lowest BCUT2D eigenvalue weighted by molar-refractivity contribution is 0.124. The van der Waals surface area contributed by atoms with Crippen LogP contribution in [0.1, 0.15) is 33.1 Å². The van der Waals surface area contributed by atoms with Crippen molar-refractivity contribution >= 4 is 0 Å². The molecule has 0 amide bonds. The predicted octanol–water partition coefficient (Wildman–Crippen LogP) is 1.73. The van der Waals surface area contributed by atoms with E-state index in [4.69, 9.17) is 4.74 Å². The third-order valence-corrected chi connectivity index (χ3v) is 3.36. The zero-order chi connectivity index (χ0) is 11.8. The van der Waals surface area contributed by atoms with E-state index in [0.29, 0.717) is 12.0 Å². The number of nitrogens with one attached hydrogen (secondary N) is 1. The van der Waals surface area contributed by atoms with E-state index in [-0.39, 0.29) is 0 Å². The molecule has 1 fully saturated rings. The van der Waals surface area contributed by atoms with Crippen LogP contribution in [0.5, 0.6) is 0 Å². The van der Waals surface area contributed by atoms with Gasteiger partial charge in [0.25, 0.3) is 0 Å². The van der Waals surface area contributed by atoms with E-state index in [2.05, 4.69) is 24.1 Å². The SMILES string of the molecule is CCN(CC(C)COC)CC1CCCCN1. The number of likely N-dealkylation sites (N-methyl/N-ethyl adjacent to an activating group) is 1. The molecule has 1 aliphatic heterocycles. The van der Waals surface area contributed by atoms with Crippen molar-refractivity contribution in [2.75, 3.05) is 39.9 Å². The number of methoxy groups -OCH3 is 1. The number of piperidine rings is 1. The molecule has 0 aromatic rings. The lowest BCUT2D eigenvalue weighted by atomic mass is 10.0. The molecule has 2 unspecified atom stereocenters. The average Bonchev–Trinajstić information content (AvgIpc) is 2.30. The van der Waals surface area contributed by atoms with Crippen LogP contribution in [0.2, 0.25) is 0 Å². The Morgan fingerprint density at radius 1 is 1.44 bits per heavy atom. The summed E-state index contributed by atoms with van der Waals surface area (Å²) in [6.07, 6.45) is 4.08. The van der Waals surface area contributed by atoms with Crippen LogP contribution in [-0.4, -0.2) is 50.8 Å². The Hall–Kier alpha value is -0.120. The van der Waals surface area contributed by atoms with Gasteiger partial charge in [-0.15, -0.1) is 0 Å². The van der Waals surface area contributed by atoms with Crippen molar-refractivity contribution in [3.63, 3.8) is 0 Å². The van der Waals surface area contributed by atoms with Gasteiger partial charge in [-0.05, 0) is 31.8 Å². The van der Waals surface area contributed by atoms with Gasteiger partial charge in [0.1, 0.15) is 0 Å². The van der Waals surface area contributed by atoms with Crippen molar-refractivity contribution in [2.24, 2.45) is 5.92 Å². The Kier molecular flexibility index (Phi) is 7.01. The molecule has 1 rings (SSSR count). The fraction of sp³-hybridized carbons (Fsp3) is 1.00. The number of nitrogens with zero attached hydrogens (tertiary/aromatic N) is 1. The Morgan fingerprint density at radius 2 is 2.25 bits per heavy atom. The van der Waals surface area contributed by atoms with Crippen LogP contribution < -0.4 is 5.32 Å². The van der Waals surface area contributed by atoms with Gasteiger partial charge in [-0.25, -0.2) is 0 Å². The fourth-order valence-corrected chi connectivity index (χ4v) is 2.50. The van der Waals surface area contributed by atoms with E-state index in [1.807, 2.05) is 0 Å². The average molecular weight is 228 g/mol. The molecule has 0 aromatic heterocycles. The van der Waals surface area contributed by atoms with Gasteiger partial charge in [-0.2, -0.15) is 0 Å². The van der Waals surface area contributed by atoms with Gasteiger partial charge in [0.2, 0.25) is 0 Å². The standard InChI is InChI=1S/C13H28N2O/c1-4-15(9-12(2)11-16-3)10-13-7-5-6-8-14-13/h12-14H,4-11H2,1-3H3. The van der Waals surface area contributed by atoms with Crippen LogP contribution in [0.25, 0.3) is 0 Å². The van der Waals surface area contributed by atoms with Gasteiger partial charge in [0, 0.05) is 32.8 Å². The zero-order valence-electron chi connectivity index (χ0n) is 11.2. The zero-order valence-corrected chi connectivity index (χ0v) is 11.2. The van der Waals surface area contributed by atoms with Crippen LogP contribution >= 0.6 is 0 Å². The van der Waals surface area contributed by atoms with E-state index >= 15 is 0 Å². The van der Waals surface area contributed by atoms with Crippen molar-refractivity contribution in [3.05, 3.63) is 0 Å². The third-order valence-electron chi connectivity index (χ3n) is 3.36. The van der Waals surface area contributed by atoms with E-state index in [1.54, 1.807) is 7.11 Å². The van der Waals surface area contributed by atoms with E-state index in [9.17, 15) is 0 Å². The summed E-state index contributed by atoms with van der Waals surface area (Å²) in [7, 11) is 1.79. The lowest BCUT2D eigenvalue weighted by Crippen LogP contribution is -2.45. The first-order valence-electron chi connectivity index (χ1n) is 6.71. The maximum Gasteiger partial charge on any atom is 0.0500 e. The van der Waals surface area contributed by atoms with E-state index in [1.165, 1.54) is 32.4 Å². The predicted molar refractivity (Wildman–Crippen MR) is 68.8 cm³/mol. The molecule has 0 aromatic carbocycles. The summed E-state index contributed by atoms with van der Waals surface area (Å²) in [4.78, 5) is 2.55. The topological polar surface area (TPSA) is 24.5 Å². The minimum atomic E-state index is 0.633. The van der Waals surface area contributed by atoms with Crippen LogP contribution in [0, 0.1) is 5.92 Å². The maximum absolute atomic E-state index is 5.20. The van der Waals surface area contributed by atoms with Gasteiger partial charge in [-0.3, -0.25) is 0 Å². The van der Waals surface area contributed by atoms with Gasteiger partial charge in [-0.1, -0.05) is 20.3 Å². The second-order valence-corrected chi connectivity index (χ2v) is 5.06. The first-order chi connectivity index (χ1) is 7.76. The molecule has 0 spiro atoms. The summed E-state index contributed by atoms with van der Waals surface area (Å²) < 4.78 is 5.20. The molecule has 0 aliphatic carbocycles. The monoisotopic (exact) mass is 228 g/mol. The molecule has 0 bridgehead atoms. The molecule has 0 saturated carbocycles. The highest BCUT2D eigenvalue weighted by Gasteiger charge is 2.16. The summed E-state index contributed by atoms with van der Waals surface area (Å²) >= 11 is 0. The normalized spacial score (nSPS) is 23.6. The first kappa shape index (κ1) is 13.9. The number of hydrogen-bond donors (Lipinski definition) is 1. The highest BCUT2D eigenvalue weighted by Crippen LogP contribution is 2.09. The molecule has 1 N–H and O–H groups in total. The number of rotatable bonds is 7. The molecule has 3 heteroatoms. The largest absolute Gasteiger partial charge is 0.384 e. The van der Waals surface area contributed by atoms with Gasteiger partial charge < -0.3 is 15.0 Å². The van der Waals surface area contributed by atoms with Crippen molar-refractivity contribution in [1.82, 2.24) is 10.2 Å². The third kappa shape index (κ3) is 5.28.